The number of hydrogen-bond acceptors (Lipinski definition) is 4. The Kier molecular flexibility index (Phi) is 25.1. The van der Waals surface area contributed by atoms with Gasteiger partial charge < -0.3 is 14.9 Å². The van der Waals surface area contributed by atoms with E-state index < -0.39 is 0 Å². The van der Waals surface area contributed by atoms with E-state index in [9.17, 15) is 0 Å². The van der Waals surface area contributed by atoms with Crippen molar-refractivity contribution in [2.45, 2.75) is 142 Å². The van der Waals surface area contributed by atoms with Crippen molar-refractivity contribution in [3.63, 3.8) is 0 Å². The monoisotopic (exact) mass is 519 g/mol. The van der Waals surface area contributed by atoms with E-state index in [-0.39, 0.29) is 29.6 Å². The number of aromatic amines is 2. The number of aromatic nitrogens is 3. The minimum atomic E-state index is 0. The molecule has 1 aromatic rings. The fourth-order valence-electron chi connectivity index (χ4n) is 4.44. The van der Waals surface area contributed by atoms with E-state index in [2.05, 4.69) is 33.7 Å². The summed E-state index contributed by atoms with van der Waals surface area (Å²) in [4.78, 5) is 13.0. The van der Waals surface area contributed by atoms with Crippen LogP contribution in [0.2, 0.25) is 0 Å². The molecular formula is C27H52N4NaS2. The van der Waals surface area contributed by atoms with E-state index >= 15 is 0 Å². The van der Waals surface area contributed by atoms with Gasteiger partial charge in [0.15, 0.2) is 4.77 Å². The number of unbranched alkanes of at least 4 members (excludes halogenated alkanes) is 18. The minimum absolute atomic E-state index is 0. The predicted molar refractivity (Wildman–Crippen MR) is 156 cm³/mol. The summed E-state index contributed by atoms with van der Waals surface area (Å²) in [5.41, 5.74) is 0. The summed E-state index contributed by atoms with van der Waals surface area (Å²) in [6, 6.07) is 0. The van der Waals surface area contributed by atoms with Crippen molar-refractivity contribution >= 4 is 59.9 Å². The molecule has 0 aliphatic rings. The molecule has 0 amide bonds. The molecular weight excluding hydrogens is 467 g/mol. The predicted octanol–water partition coefficient (Wildman–Crippen LogP) is 9.46. The first kappa shape index (κ1) is 34.2. The van der Waals surface area contributed by atoms with Gasteiger partial charge in [-0.25, -0.2) is 0 Å². The van der Waals surface area contributed by atoms with E-state index in [0.717, 1.165) is 19.0 Å². The second-order valence-electron chi connectivity index (χ2n) is 9.67. The molecule has 0 saturated heterocycles. The maximum Gasteiger partial charge on any atom is 0.207 e. The maximum atomic E-state index is 5.30. The van der Waals surface area contributed by atoms with Crippen LogP contribution in [0.5, 0.6) is 0 Å². The summed E-state index contributed by atoms with van der Waals surface area (Å²) in [5, 5.41) is 0. The molecule has 0 bridgehead atoms. The Labute approximate surface area is 243 Å². The number of hydrogen-bond donors (Lipinski definition) is 2. The molecule has 7 heteroatoms. The summed E-state index contributed by atoms with van der Waals surface area (Å²) in [7, 11) is 0. The molecule has 1 rings (SSSR count). The van der Waals surface area contributed by atoms with Crippen molar-refractivity contribution in [1.82, 2.24) is 15.0 Å². The first-order valence-electron chi connectivity index (χ1n) is 14.1. The molecule has 193 valence electrons. The normalized spacial score (nSPS) is 10.9. The Balaban J connectivity index is 0.0000109. The van der Waals surface area contributed by atoms with Crippen molar-refractivity contribution < 1.29 is 0 Å². The summed E-state index contributed by atoms with van der Waals surface area (Å²) in [5.74, 6) is 0.843. The van der Waals surface area contributed by atoms with Crippen LogP contribution in [0.25, 0.3) is 0 Å². The van der Waals surface area contributed by atoms with Gasteiger partial charge in [-0.1, -0.05) is 129 Å². The molecule has 4 nitrogen and oxygen atoms in total. The third-order valence-electron chi connectivity index (χ3n) is 6.52. The third kappa shape index (κ3) is 19.4. The topological polar surface area (TPSA) is 47.7 Å². The average molecular weight is 520 g/mol. The molecule has 1 heterocycles. The number of H-pyrrole nitrogens is 2. The van der Waals surface area contributed by atoms with Gasteiger partial charge in [-0.2, -0.15) is 4.98 Å². The van der Waals surface area contributed by atoms with Gasteiger partial charge in [0.1, 0.15) is 0 Å². The van der Waals surface area contributed by atoms with Crippen LogP contribution in [0.4, 0.5) is 5.95 Å². The molecule has 0 unspecified atom stereocenters. The Morgan fingerprint density at radius 2 is 0.912 bits per heavy atom. The van der Waals surface area contributed by atoms with Crippen LogP contribution in [-0.4, -0.2) is 57.6 Å². The zero-order valence-electron chi connectivity index (χ0n) is 22.8. The van der Waals surface area contributed by atoms with Gasteiger partial charge in [0.05, 0.1) is 0 Å². The average Bonchev–Trinajstić information content (AvgIpc) is 2.79. The summed E-state index contributed by atoms with van der Waals surface area (Å²) < 4.78 is 1.05. The van der Waals surface area contributed by atoms with Gasteiger partial charge in [-0.15, -0.1) is 0 Å². The zero-order valence-corrected chi connectivity index (χ0v) is 26.4. The third-order valence-corrected chi connectivity index (χ3v) is 6.91. The standard InChI is InChI=1S/C27H52N4S2.Na/c1-3-5-7-9-11-13-15-17-19-21-23-31(25-28-26(32)30-27(33)29-25)24-22-20-18-16-14-12-10-8-6-4-2;/h3-24H2,1-2H3,(H2,28,29,30,32,33);. The molecule has 0 aliphatic carbocycles. The molecule has 1 aromatic heterocycles. The Morgan fingerprint density at radius 1 is 0.559 bits per heavy atom. The van der Waals surface area contributed by atoms with Crippen molar-refractivity contribution in [3.05, 3.63) is 9.54 Å². The van der Waals surface area contributed by atoms with E-state index in [1.165, 1.54) is 128 Å². The molecule has 2 N–H and O–H groups in total. The quantitative estimate of drug-likeness (QED) is 0.0858. The molecule has 0 aliphatic heterocycles. The van der Waals surface area contributed by atoms with E-state index in [0.29, 0.717) is 9.54 Å². The van der Waals surface area contributed by atoms with Crippen molar-refractivity contribution in [2.24, 2.45) is 0 Å². The van der Waals surface area contributed by atoms with Crippen LogP contribution < -0.4 is 4.90 Å². The molecule has 0 atom stereocenters. The fraction of sp³-hybridized carbons (Fsp3) is 0.889. The van der Waals surface area contributed by atoms with Gasteiger partial charge in [0.2, 0.25) is 10.7 Å². The van der Waals surface area contributed by atoms with Gasteiger partial charge in [0.25, 0.3) is 0 Å². The number of nitrogens with zero attached hydrogens (tertiary/aromatic N) is 2. The van der Waals surface area contributed by atoms with Crippen molar-refractivity contribution in [2.75, 3.05) is 18.0 Å². The summed E-state index contributed by atoms with van der Waals surface area (Å²) >= 11 is 10.6. The second-order valence-corrected chi connectivity index (χ2v) is 10.5. The van der Waals surface area contributed by atoms with Gasteiger partial charge in [0, 0.05) is 42.6 Å². The minimum Gasteiger partial charge on any atom is -0.342 e. The molecule has 0 fully saturated rings. The Hall–Kier alpha value is 0.250. The zero-order chi connectivity index (χ0) is 24.0. The Bertz CT molecular complexity index is 625. The fourth-order valence-corrected chi connectivity index (χ4v) is 4.88. The second kappa shape index (κ2) is 24.9. The molecule has 1 radical (unpaired) electrons. The molecule has 0 saturated carbocycles. The van der Waals surface area contributed by atoms with Gasteiger partial charge in [-0.05, 0) is 37.3 Å². The van der Waals surface area contributed by atoms with Crippen molar-refractivity contribution in [1.29, 1.82) is 0 Å². The number of rotatable bonds is 23. The molecule has 0 spiro atoms. The van der Waals surface area contributed by atoms with E-state index in [4.69, 9.17) is 24.4 Å². The first-order valence-corrected chi connectivity index (χ1v) is 14.9. The van der Waals surface area contributed by atoms with Crippen LogP contribution in [0.3, 0.4) is 0 Å². The van der Waals surface area contributed by atoms with E-state index in [1.54, 1.807) is 0 Å². The largest absolute Gasteiger partial charge is 0.342 e. The van der Waals surface area contributed by atoms with Crippen LogP contribution in [0, 0.1) is 9.54 Å². The maximum absolute atomic E-state index is 5.30. The smallest absolute Gasteiger partial charge is 0.207 e. The molecule has 34 heavy (non-hydrogen) atoms. The van der Waals surface area contributed by atoms with Crippen LogP contribution in [-0.2, 0) is 0 Å². The number of anilines is 1. The van der Waals surface area contributed by atoms with Crippen LogP contribution in [0.15, 0.2) is 0 Å². The van der Waals surface area contributed by atoms with Crippen LogP contribution in [0.1, 0.15) is 142 Å². The summed E-state index contributed by atoms with van der Waals surface area (Å²) in [6.45, 7) is 6.63. The van der Waals surface area contributed by atoms with Gasteiger partial charge in [-0.3, -0.25) is 0 Å². The van der Waals surface area contributed by atoms with E-state index in [1.807, 2.05) is 0 Å². The molecule has 0 aromatic carbocycles. The van der Waals surface area contributed by atoms with Gasteiger partial charge >= 0.3 is 0 Å². The number of nitrogens with one attached hydrogen (secondary N) is 2. The first-order chi connectivity index (χ1) is 16.2. The van der Waals surface area contributed by atoms with Crippen LogP contribution >= 0.6 is 24.4 Å². The summed E-state index contributed by atoms with van der Waals surface area (Å²) in [6.07, 6.45) is 27.2. The Morgan fingerprint density at radius 3 is 1.26 bits per heavy atom. The van der Waals surface area contributed by atoms with Crippen molar-refractivity contribution in [3.8, 4) is 0 Å². The SMILES string of the molecule is CCCCCCCCCCCCN(CCCCCCCCCCCC)c1nc(=S)[nH]c(=S)[nH]1.[Na].